The van der Waals surface area contributed by atoms with Crippen molar-refractivity contribution in [3.05, 3.63) is 59.2 Å². The fraction of sp³-hybridized carbons (Fsp3) is 0.705. The van der Waals surface area contributed by atoms with E-state index in [1.54, 1.807) is 13.0 Å². The average Bonchev–Trinajstić information content (AvgIpc) is 3.91. The quantitative estimate of drug-likeness (QED) is 0.0485. The Morgan fingerprint density at radius 3 is 2.56 bits per heavy atom. The maximum atomic E-state index is 11.4. The van der Waals surface area contributed by atoms with Gasteiger partial charge in [0.2, 0.25) is 0 Å². The first kappa shape index (κ1) is 43.4. The second-order valence-electron chi connectivity index (χ2n) is 16.4. The van der Waals surface area contributed by atoms with Gasteiger partial charge in [-0.15, -0.1) is 4.99 Å². The van der Waals surface area contributed by atoms with Crippen molar-refractivity contribution < 1.29 is 40.1 Å². The number of aromatic hydroxyl groups is 1. The number of aliphatic hydroxyl groups is 5. The second-order valence-corrected chi connectivity index (χ2v) is 16.4. The zero-order valence-corrected chi connectivity index (χ0v) is 33.1. The molecule has 0 saturated heterocycles. The molecule has 8 unspecified atom stereocenters. The predicted molar refractivity (Wildman–Crippen MR) is 215 cm³/mol. The van der Waals surface area contributed by atoms with Crippen molar-refractivity contribution in [3.63, 3.8) is 0 Å². The van der Waals surface area contributed by atoms with Gasteiger partial charge in [0.05, 0.1) is 18.1 Å². The van der Waals surface area contributed by atoms with Gasteiger partial charge < -0.3 is 51.2 Å². The van der Waals surface area contributed by atoms with E-state index in [0.717, 1.165) is 100 Å². The molecule has 2 aliphatic heterocycles. The second kappa shape index (κ2) is 22.2. The molecule has 0 spiro atoms. The Labute approximate surface area is 329 Å². The zero-order chi connectivity index (χ0) is 39.2. The number of ether oxygens (including phenoxy) is 2. The lowest BCUT2D eigenvalue weighted by Gasteiger charge is -2.32. The standard InChI is InChI=1S/C44H69N3O8/c1-29(51)26-46-38(13-8-22-49)44-35-12-6-9-31(35)17-19-37-36(44)25-39(47-37)41(53)28-54-43-23-30(16-20-40(43)52)15-18-34-24-32(27-50)42(55-34)14-5-3-2-4-10-33(45)11-7-21-48/h16,20,23-25,29,31,33,35,38,41-42,44,46,48-53H,2-15,17-19,21-22,26-28,45H2,1H3. The summed E-state index contributed by atoms with van der Waals surface area (Å²) in [5, 5.41) is 64.4. The summed E-state index contributed by atoms with van der Waals surface area (Å²) in [6, 6.07) is 6.12. The molecule has 2 heterocycles. The number of rotatable bonds is 25. The van der Waals surface area contributed by atoms with Crippen LogP contribution in [0.3, 0.4) is 0 Å². The van der Waals surface area contributed by atoms with Crippen molar-refractivity contribution in [1.82, 2.24) is 5.32 Å². The van der Waals surface area contributed by atoms with Crippen LogP contribution in [0.4, 0.5) is 0 Å². The maximum absolute atomic E-state index is 11.4. The molecule has 8 atom stereocenters. The largest absolute Gasteiger partial charge is 0.592 e. The summed E-state index contributed by atoms with van der Waals surface area (Å²) < 4.78 is 12.3. The zero-order valence-electron chi connectivity index (χ0n) is 33.1. The van der Waals surface area contributed by atoms with Crippen molar-refractivity contribution >= 4 is 5.71 Å². The van der Waals surface area contributed by atoms with Crippen LogP contribution in [0.5, 0.6) is 11.5 Å². The highest BCUT2D eigenvalue weighted by atomic mass is 16.5. The van der Waals surface area contributed by atoms with Gasteiger partial charge in [0.25, 0.3) is 0 Å². The van der Waals surface area contributed by atoms with Crippen molar-refractivity contribution in [2.75, 3.05) is 33.0 Å². The number of nitrogens with zero attached hydrogens (tertiary/aromatic N) is 1. The summed E-state index contributed by atoms with van der Waals surface area (Å²) in [6.07, 6.45) is 18.6. The van der Waals surface area contributed by atoms with E-state index in [-0.39, 0.29) is 56.3 Å². The van der Waals surface area contributed by atoms with Gasteiger partial charge in [0.15, 0.2) is 29.4 Å². The number of allylic oxidation sites excluding steroid dienone is 1. The summed E-state index contributed by atoms with van der Waals surface area (Å²) in [5.41, 5.74) is 9.28. The molecule has 308 valence electrons. The molecule has 9 N–H and O–H groups in total. The molecule has 5 rings (SSSR count). The Balaban J connectivity index is 1.12. The molecule has 4 aliphatic rings. The first-order valence-electron chi connectivity index (χ1n) is 21.2. The minimum Gasteiger partial charge on any atom is -0.592 e. The molecule has 55 heavy (non-hydrogen) atoms. The van der Waals surface area contributed by atoms with Crippen molar-refractivity contribution in [1.29, 1.82) is 0 Å². The van der Waals surface area contributed by atoms with Crippen LogP contribution in [0.25, 0.3) is 0 Å². The fourth-order valence-electron chi connectivity index (χ4n) is 9.22. The molecule has 0 aromatic heterocycles. The minimum atomic E-state index is -0.979. The SMILES string of the molecule is CC(O)CNC(CCCO)C1C2=C[C+](C(O)COc3cc(CCC4=C[C-](CO)C(CCCCCCC(N)CCCO)O4)ccc3O)N=C2CCC2CCCC21. The Hall–Kier alpha value is -2.77. The van der Waals surface area contributed by atoms with Crippen molar-refractivity contribution in [2.24, 2.45) is 28.5 Å². The van der Waals surface area contributed by atoms with Crippen LogP contribution in [0.2, 0.25) is 0 Å². The first-order chi connectivity index (χ1) is 26.7. The lowest BCUT2D eigenvalue weighted by Crippen LogP contribution is -2.44. The number of aliphatic imine (C=N–C) groups is 1. The van der Waals surface area contributed by atoms with E-state index >= 15 is 0 Å². The highest BCUT2D eigenvalue weighted by Crippen LogP contribution is 2.49. The smallest absolute Gasteiger partial charge is 0.189 e. The van der Waals surface area contributed by atoms with Crippen LogP contribution in [0, 0.1) is 29.7 Å². The molecular weight excluding hydrogens is 698 g/mol. The third-order valence-electron chi connectivity index (χ3n) is 12.2. The van der Waals surface area contributed by atoms with Crippen LogP contribution in [0.1, 0.15) is 115 Å². The summed E-state index contributed by atoms with van der Waals surface area (Å²) in [4.78, 5) is 4.97. The van der Waals surface area contributed by atoms with Gasteiger partial charge in [-0.2, -0.15) is 12.0 Å². The number of aryl methyl sites for hydroxylation is 1. The molecule has 11 nitrogen and oxygen atoms in total. The summed E-state index contributed by atoms with van der Waals surface area (Å²) in [5.74, 6) is 3.38. The topological polar surface area (TPSA) is 190 Å². The number of benzene rings is 1. The molecule has 11 heteroatoms. The number of nitrogens with two attached hydrogens (primary N) is 1. The van der Waals surface area contributed by atoms with E-state index in [1.165, 1.54) is 18.4 Å². The third kappa shape index (κ3) is 12.6. The lowest BCUT2D eigenvalue weighted by atomic mass is 9.74. The molecular formula is C44H69N3O8. The molecule has 1 aromatic carbocycles. The molecule has 2 saturated carbocycles. The third-order valence-corrected chi connectivity index (χ3v) is 12.2. The van der Waals surface area contributed by atoms with Gasteiger partial charge in [0, 0.05) is 51.0 Å². The van der Waals surface area contributed by atoms with E-state index < -0.39 is 12.2 Å². The van der Waals surface area contributed by atoms with Gasteiger partial charge in [-0.05, 0) is 94.2 Å². The number of nitrogens with one attached hydrogen (secondary N) is 1. The highest BCUT2D eigenvalue weighted by molar-refractivity contribution is 6.04. The first-order valence-corrected chi connectivity index (χ1v) is 21.2. The van der Waals surface area contributed by atoms with Gasteiger partial charge in [0.1, 0.15) is 12.2 Å². The minimum absolute atomic E-state index is 0.00452. The molecule has 0 radical (unpaired) electrons. The number of fused-ring (bicyclic) bond motifs is 2. The van der Waals surface area contributed by atoms with Gasteiger partial charge in [-0.25, -0.2) is 0 Å². The van der Waals surface area contributed by atoms with E-state index in [9.17, 15) is 25.5 Å². The van der Waals surface area contributed by atoms with Crippen LogP contribution in [-0.2, 0) is 11.2 Å². The summed E-state index contributed by atoms with van der Waals surface area (Å²) in [6.45, 7) is 2.51. The normalized spacial score (nSPS) is 24.3. The van der Waals surface area contributed by atoms with Crippen LogP contribution >= 0.6 is 0 Å². The predicted octanol–water partition coefficient (Wildman–Crippen LogP) is 5.21. The van der Waals surface area contributed by atoms with E-state index in [0.29, 0.717) is 49.4 Å². The molecule has 2 fully saturated rings. The number of phenols is 1. The van der Waals surface area contributed by atoms with Gasteiger partial charge in [-0.1, -0.05) is 56.8 Å². The molecule has 0 amide bonds. The van der Waals surface area contributed by atoms with E-state index in [1.807, 2.05) is 18.2 Å². The number of phenolic OH excluding ortho intramolecular Hbond substituents is 1. The van der Waals surface area contributed by atoms with Crippen LogP contribution in [0.15, 0.2) is 46.7 Å². The number of hydrogen-bond acceptors (Lipinski definition) is 11. The number of hydrogen-bond donors (Lipinski definition) is 8. The lowest BCUT2D eigenvalue weighted by molar-refractivity contribution is 0.120. The number of unbranched alkanes of at least 4 members (excludes halogenated alkanes) is 3. The van der Waals surface area contributed by atoms with Crippen molar-refractivity contribution in [2.45, 2.75) is 146 Å². The van der Waals surface area contributed by atoms with Gasteiger partial charge in [-0.3, -0.25) is 0 Å². The Bertz CT molecular complexity index is 1400. The molecule has 2 aliphatic carbocycles. The Kier molecular flexibility index (Phi) is 17.5. The maximum Gasteiger partial charge on any atom is 0.189 e. The molecule has 1 aromatic rings. The number of aliphatic hydroxyl groups excluding tert-OH is 5. The van der Waals surface area contributed by atoms with Crippen molar-refractivity contribution in [3.8, 4) is 11.5 Å². The Morgan fingerprint density at radius 1 is 1.00 bits per heavy atom. The monoisotopic (exact) mass is 768 g/mol. The van der Waals surface area contributed by atoms with E-state index in [2.05, 4.69) is 11.4 Å². The average molecular weight is 768 g/mol. The fourth-order valence-corrected chi connectivity index (χ4v) is 9.22. The van der Waals surface area contributed by atoms with Crippen LogP contribution < -0.4 is 15.8 Å². The van der Waals surface area contributed by atoms with E-state index in [4.69, 9.17) is 25.3 Å². The summed E-state index contributed by atoms with van der Waals surface area (Å²) >= 11 is 0. The molecule has 0 bridgehead atoms. The van der Waals surface area contributed by atoms with Gasteiger partial charge >= 0.3 is 0 Å². The summed E-state index contributed by atoms with van der Waals surface area (Å²) in [7, 11) is 0. The van der Waals surface area contributed by atoms with Crippen LogP contribution in [-0.4, -0.2) is 99.7 Å². The highest BCUT2D eigenvalue weighted by Gasteiger charge is 2.50. The Morgan fingerprint density at radius 2 is 1.78 bits per heavy atom.